The van der Waals surface area contributed by atoms with Crippen LogP contribution in [0.2, 0.25) is 5.28 Å². The van der Waals surface area contributed by atoms with E-state index >= 15 is 0 Å². The number of hydrogen-bond donors (Lipinski definition) is 0. The summed E-state index contributed by atoms with van der Waals surface area (Å²) in [5.74, 6) is 0. The summed E-state index contributed by atoms with van der Waals surface area (Å²) in [6.07, 6.45) is 1.67. The highest BCUT2D eigenvalue weighted by Crippen LogP contribution is 1.98. The average molecular weight is 296 g/mol. The number of hydrogen-bond acceptors (Lipinski definition) is 2. The van der Waals surface area contributed by atoms with Gasteiger partial charge in [0.15, 0.2) is 0 Å². The van der Waals surface area contributed by atoms with E-state index in [4.69, 9.17) is 11.6 Å². The molecule has 0 aromatic carbocycles. The predicted molar refractivity (Wildman–Crippen MR) is 39.2 cm³/mol. The van der Waals surface area contributed by atoms with E-state index in [-0.39, 0.29) is 24.0 Å². The standard InChI is InChI=1S/C6H6ClN4.HI/c1-10-5-3-2-4-8-11(5)6(7)9-10;/h2-4H,1H3;1H/q+1;/p-1. The largest absolute Gasteiger partial charge is 1.00 e. The summed E-state index contributed by atoms with van der Waals surface area (Å²) < 4.78 is 3.25. The van der Waals surface area contributed by atoms with Crippen molar-refractivity contribution in [1.29, 1.82) is 0 Å². The Labute approximate surface area is 91.2 Å². The van der Waals surface area contributed by atoms with Crippen LogP contribution in [-0.4, -0.2) is 14.9 Å². The van der Waals surface area contributed by atoms with Gasteiger partial charge in [0.05, 0.1) is 18.3 Å². The molecule has 0 aliphatic rings. The van der Waals surface area contributed by atoms with Gasteiger partial charge >= 0.3 is 5.28 Å². The number of halogens is 2. The fourth-order valence-electron chi connectivity index (χ4n) is 0.968. The minimum Gasteiger partial charge on any atom is -1.00 e. The van der Waals surface area contributed by atoms with E-state index in [0.29, 0.717) is 5.28 Å². The maximum Gasteiger partial charge on any atom is 0.396 e. The van der Waals surface area contributed by atoms with Crippen molar-refractivity contribution in [3.63, 3.8) is 0 Å². The van der Waals surface area contributed by atoms with Crippen molar-refractivity contribution in [1.82, 2.24) is 14.9 Å². The number of aromatic nitrogens is 4. The predicted octanol–water partition coefficient (Wildman–Crippen LogP) is -2.79. The van der Waals surface area contributed by atoms with Crippen molar-refractivity contribution in [2.75, 3.05) is 0 Å². The monoisotopic (exact) mass is 296 g/mol. The molecule has 12 heavy (non-hydrogen) atoms. The van der Waals surface area contributed by atoms with Gasteiger partial charge in [-0.2, -0.15) is 0 Å². The van der Waals surface area contributed by atoms with Crippen molar-refractivity contribution < 1.29 is 28.5 Å². The van der Waals surface area contributed by atoms with Crippen LogP contribution in [0, 0.1) is 0 Å². The SMILES string of the molecule is Cn1nc(Cl)[n+]2ncccc12.[I-]. The zero-order chi connectivity index (χ0) is 7.84. The van der Waals surface area contributed by atoms with Crippen LogP contribution in [0.25, 0.3) is 5.65 Å². The lowest BCUT2D eigenvalue weighted by molar-refractivity contribution is -0.579. The molecule has 6 heteroatoms. The minimum atomic E-state index is 0. The Balaban J connectivity index is 0.000000720. The van der Waals surface area contributed by atoms with Crippen LogP contribution < -0.4 is 28.5 Å². The second-order valence-electron chi connectivity index (χ2n) is 2.19. The Hall–Kier alpha value is -0.430. The second kappa shape index (κ2) is 3.53. The molecule has 2 aromatic heterocycles. The Bertz CT molecular complexity index is 363. The highest BCUT2D eigenvalue weighted by Gasteiger charge is 2.14. The quantitative estimate of drug-likeness (QED) is 0.389. The topological polar surface area (TPSA) is 34.8 Å². The maximum absolute atomic E-state index is 5.75. The fourth-order valence-corrected chi connectivity index (χ4v) is 1.21. The van der Waals surface area contributed by atoms with Gasteiger partial charge in [0.2, 0.25) is 0 Å². The zero-order valence-corrected chi connectivity index (χ0v) is 9.19. The molecule has 0 atom stereocenters. The second-order valence-corrected chi connectivity index (χ2v) is 2.52. The van der Waals surface area contributed by atoms with Crippen molar-refractivity contribution in [2.45, 2.75) is 0 Å². The van der Waals surface area contributed by atoms with Crippen molar-refractivity contribution in [3.05, 3.63) is 23.6 Å². The molecule has 0 saturated heterocycles. The molecule has 0 fully saturated rings. The van der Waals surface area contributed by atoms with Crippen LogP contribution in [-0.2, 0) is 7.05 Å². The molecule has 2 heterocycles. The summed E-state index contributed by atoms with van der Waals surface area (Å²) in [5.41, 5.74) is 0.873. The Morgan fingerprint density at radius 2 is 2.33 bits per heavy atom. The number of rotatable bonds is 0. The average Bonchev–Trinajstić information content (AvgIpc) is 2.30. The van der Waals surface area contributed by atoms with Gasteiger partial charge in [-0.3, -0.25) is 0 Å². The lowest BCUT2D eigenvalue weighted by atomic mass is 10.6. The molecule has 0 amide bonds. The summed E-state index contributed by atoms with van der Waals surface area (Å²) >= 11 is 5.75. The normalized spacial score (nSPS) is 9.83. The molecule has 0 saturated carbocycles. The summed E-state index contributed by atoms with van der Waals surface area (Å²) in [4.78, 5) is 0. The van der Waals surface area contributed by atoms with Gasteiger partial charge in [0, 0.05) is 6.07 Å². The smallest absolute Gasteiger partial charge is 0.396 e. The molecule has 2 aromatic rings. The van der Waals surface area contributed by atoms with E-state index in [0.717, 1.165) is 5.65 Å². The molecule has 0 unspecified atom stereocenters. The van der Waals surface area contributed by atoms with Gasteiger partial charge in [0.1, 0.15) is 0 Å². The summed E-state index contributed by atoms with van der Waals surface area (Å²) in [7, 11) is 1.82. The van der Waals surface area contributed by atoms with Gasteiger partial charge < -0.3 is 24.0 Å². The van der Waals surface area contributed by atoms with Gasteiger partial charge in [-0.15, -0.1) is 9.78 Å². The van der Waals surface area contributed by atoms with Crippen LogP contribution in [0.4, 0.5) is 0 Å². The number of fused-ring (bicyclic) bond motifs is 1. The van der Waals surface area contributed by atoms with Crippen LogP contribution in [0.1, 0.15) is 0 Å². The molecule has 0 radical (unpaired) electrons. The van der Waals surface area contributed by atoms with Gasteiger partial charge in [-0.1, -0.05) is 4.52 Å². The number of nitrogens with zero attached hydrogens (tertiary/aromatic N) is 4. The highest BCUT2D eigenvalue weighted by molar-refractivity contribution is 6.27. The van der Waals surface area contributed by atoms with Crippen LogP contribution in [0.5, 0.6) is 0 Å². The Morgan fingerprint density at radius 1 is 1.58 bits per heavy atom. The summed E-state index contributed by atoms with van der Waals surface area (Å²) in [5, 5.41) is 8.35. The molecule has 0 N–H and O–H groups in total. The molecule has 0 aliphatic carbocycles. The first-order chi connectivity index (χ1) is 5.29. The van der Waals surface area contributed by atoms with Crippen molar-refractivity contribution in [3.8, 4) is 0 Å². The third-order valence-corrected chi connectivity index (χ3v) is 1.71. The fraction of sp³-hybridized carbons (Fsp3) is 0.167. The number of aryl methyl sites for hydroxylation is 1. The van der Waals surface area contributed by atoms with Crippen molar-refractivity contribution >= 4 is 17.2 Å². The van der Waals surface area contributed by atoms with E-state index in [9.17, 15) is 0 Å². The molecule has 64 valence electrons. The summed E-state index contributed by atoms with van der Waals surface area (Å²) in [6.45, 7) is 0. The van der Waals surface area contributed by atoms with Gasteiger partial charge in [-0.05, 0) is 17.7 Å². The molecule has 0 spiro atoms. The van der Waals surface area contributed by atoms with Gasteiger partial charge in [0.25, 0.3) is 5.65 Å². The third kappa shape index (κ3) is 1.38. The summed E-state index contributed by atoms with van der Waals surface area (Å²) in [6, 6.07) is 3.74. The minimum absolute atomic E-state index is 0. The molecule has 0 bridgehead atoms. The van der Waals surface area contributed by atoms with E-state index < -0.39 is 0 Å². The van der Waals surface area contributed by atoms with E-state index in [1.165, 1.54) is 0 Å². The molecule has 4 nitrogen and oxygen atoms in total. The van der Waals surface area contributed by atoms with Gasteiger partial charge in [-0.25, -0.2) is 0 Å². The van der Waals surface area contributed by atoms with E-state index in [1.54, 1.807) is 15.4 Å². The maximum atomic E-state index is 5.75. The van der Waals surface area contributed by atoms with E-state index in [2.05, 4.69) is 10.2 Å². The zero-order valence-electron chi connectivity index (χ0n) is 6.28. The first-order valence-corrected chi connectivity index (χ1v) is 3.52. The highest BCUT2D eigenvalue weighted by atomic mass is 127. The molecule has 0 aliphatic heterocycles. The third-order valence-electron chi connectivity index (χ3n) is 1.47. The van der Waals surface area contributed by atoms with Crippen LogP contribution in [0.15, 0.2) is 18.3 Å². The lowest BCUT2D eigenvalue weighted by Gasteiger charge is -1.81. The van der Waals surface area contributed by atoms with Crippen LogP contribution in [0.3, 0.4) is 0 Å². The Morgan fingerprint density at radius 3 is 3.00 bits per heavy atom. The van der Waals surface area contributed by atoms with E-state index in [1.807, 2.05) is 19.2 Å². The lowest BCUT2D eigenvalue weighted by Crippen LogP contribution is -3.00. The molecule has 2 rings (SSSR count). The molecular formula is C6H6ClIN4. The van der Waals surface area contributed by atoms with Crippen LogP contribution >= 0.6 is 11.6 Å². The first-order valence-electron chi connectivity index (χ1n) is 3.14. The molecular weight excluding hydrogens is 290 g/mol. The Kier molecular flexibility index (Phi) is 2.84. The first kappa shape index (κ1) is 9.66. The van der Waals surface area contributed by atoms with Crippen molar-refractivity contribution in [2.24, 2.45) is 7.05 Å².